The zero-order valence-electron chi connectivity index (χ0n) is 15.9. The van der Waals surface area contributed by atoms with E-state index in [0.717, 1.165) is 40.9 Å². The largest absolute Gasteiger partial charge is 0.494 e. The molecule has 136 valence electrons. The van der Waals surface area contributed by atoms with Gasteiger partial charge in [0.15, 0.2) is 0 Å². The summed E-state index contributed by atoms with van der Waals surface area (Å²) >= 11 is 0. The molecule has 0 bridgehead atoms. The zero-order chi connectivity index (χ0) is 18.0. The molecule has 25 heavy (non-hydrogen) atoms. The summed E-state index contributed by atoms with van der Waals surface area (Å²) in [6.07, 6.45) is 4.79. The highest BCUT2D eigenvalue weighted by Gasteiger charge is 2.26. The number of carbonyl (C=O) groups excluding carboxylic acids is 1. The number of fused-ring (bicyclic) bond motifs is 1. The Kier molecular flexibility index (Phi) is 5.36. The van der Waals surface area contributed by atoms with Gasteiger partial charge >= 0.3 is 0 Å². The van der Waals surface area contributed by atoms with Gasteiger partial charge in [-0.25, -0.2) is 0 Å². The van der Waals surface area contributed by atoms with Gasteiger partial charge in [0.05, 0.1) is 6.61 Å². The number of hydrogen-bond acceptors (Lipinski definition) is 2. The molecule has 2 atom stereocenters. The van der Waals surface area contributed by atoms with Gasteiger partial charge in [0, 0.05) is 23.5 Å². The fourth-order valence-electron chi connectivity index (χ4n) is 4.15. The van der Waals surface area contributed by atoms with Gasteiger partial charge in [0.1, 0.15) is 11.4 Å². The molecule has 4 nitrogen and oxygen atoms in total. The Labute approximate surface area is 150 Å². The number of aryl methyl sites for hydroxylation is 2. The predicted molar refractivity (Wildman–Crippen MR) is 102 cm³/mol. The molecule has 1 N–H and O–H groups in total. The van der Waals surface area contributed by atoms with E-state index in [9.17, 15) is 4.79 Å². The smallest absolute Gasteiger partial charge is 0.268 e. The molecule has 1 aliphatic carbocycles. The summed E-state index contributed by atoms with van der Waals surface area (Å²) in [5, 5.41) is 4.42. The number of rotatable bonds is 5. The van der Waals surface area contributed by atoms with Crippen LogP contribution in [-0.4, -0.2) is 23.1 Å². The molecule has 1 aromatic carbocycles. The number of aromatic nitrogens is 1. The molecule has 0 spiro atoms. The number of nitrogens with one attached hydrogen (secondary N) is 1. The van der Waals surface area contributed by atoms with Crippen molar-refractivity contribution in [2.75, 3.05) is 6.61 Å². The van der Waals surface area contributed by atoms with E-state index in [-0.39, 0.29) is 5.91 Å². The van der Waals surface area contributed by atoms with E-state index in [2.05, 4.69) is 35.9 Å². The molecule has 1 fully saturated rings. The topological polar surface area (TPSA) is 43.3 Å². The average molecular weight is 342 g/mol. The third kappa shape index (κ3) is 3.39. The van der Waals surface area contributed by atoms with Crippen LogP contribution in [0.15, 0.2) is 18.2 Å². The molecule has 2 aromatic rings. The third-order valence-corrected chi connectivity index (χ3v) is 5.56. The van der Waals surface area contributed by atoms with Crippen molar-refractivity contribution in [3.8, 4) is 5.75 Å². The second-order valence-electron chi connectivity index (χ2n) is 7.17. The molecular weight excluding hydrogens is 312 g/mol. The molecule has 1 aliphatic rings. The van der Waals surface area contributed by atoms with Crippen LogP contribution in [0.5, 0.6) is 5.75 Å². The molecule has 0 radical (unpaired) electrons. The molecule has 3 rings (SSSR count). The maximum Gasteiger partial charge on any atom is 0.268 e. The summed E-state index contributed by atoms with van der Waals surface area (Å²) in [7, 11) is 0. The molecule has 0 saturated heterocycles. The van der Waals surface area contributed by atoms with Gasteiger partial charge in [-0.3, -0.25) is 4.79 Å². The van der Waals surface area contributed by atoms with Crippen molar-refractivity contribution in [3.05, 3.63) is 29.5 Å². The Morgan fingerprint density at radius 2 is 2.04 bits per heavy atom. The van der Waals surface area contributed by atoms with Crippen LogP contribution in [-0.2, 0) is 6.54 Å². The first-order valence-corrected chi connectivity index (χ1v) is 9.63. The molecule has 1 saturated carbocycles. The first kappa shape index (κ1) is 17.8. The minimum atomic E-state index is 0.0623. The van der Waals surface area contributed by atoms with Gasteiger partial charge in [0.25, 0.3) is 5.91 Å². The highest BCUT2D eigenvalue weighted by atomic mass is 16.5. The maximum absolute atomic E-state index is 13.1. The lowest BCUT2D eigenvalue weighted by atomic mass is 9.86. The molecule has 1 amide bonds. The lowest BCUT2D eigenvalue weighted by molar-refractivity contribution is 0.0900. The van der Waals surface area contributed by atoms with Crippen LogP contribution in [0.2, 0.25) is 0 Å². The Bertz CT molecular complexity index is 763. The van der Waals surface area contributed by atoms with Crippen molar-refractivity contribution in [2.45, 2.75) is 66.0 Å². The number of ether oxygens (including phenoxy) is 1. The van der Waals surface area contributed by atoms with Gasteiger partial charge in [-0.2, -0.15) is 0 Å². The Morgan fingerprint density at radius 1 is 1.28 bits per heavy atom. The number of nitrogens with zero attached hydrogens (tertiary/aromatic N) is 1. The van der Waals surface area contributed by atoms with Gasteiger partial charge in [-0.05, 0) is 63.3 Å². The summed E-state index contributed by atoms with van der Waals surface area (Å²) in [6.45, 7) is 9.80. The molecule has 0 aliphatic heterocycles. The van der Waals surface area contributed by atoms with Crippen molar-refractivity contribution in [1.29, 1.82) is 0 Å². The lowest BCUT2D eigenvalue weighted by Gasteiger charge is -2.29. The lowest BCUT2D eigenvalue weighted by Crippen LogP contribution is -2.41. The maximum atomic E-state index is 13.1. The van der Waals surface area contributed by atoms with E-state index in [1.54, 1.807) is 0 Å². The van der Waals surface area contributed by atoms with E-state index in [0.29, 0.717) is 18.6 Å². The van der Waals surface area contributed by atoms with E-state index < -0.39 is 0 Å². The highest BCUT2D eigenvalue weighted by molar-refractivity contribution is 6.02. The van der Waals surface area contributed by atoms with E-state index >= 15 is 0 Å². The quantitative estimate of drug-likeness (QED) is 0.857. The fourth-order valence-corrected chi connectivity index (χ4v) is 4.15. The van der Waals surface area contributed by atoms with Crippen LogP contribution in [0.4, 0.5) is 0 Å². The number of carbonyl (C=O) groups is 1. The van der Waals surface area contributed by atoms with Crippen LogP contribution < -0.4 is 10.1 Å². The second kappa shape index (κ2) is 7.51. The Hall–Kier alpha value is -1.97. The SMILES string of the molecule is CCOc1ccc2c(c1)c(C)c(C(=O)NC1CCCCC1C)n2CC. The van der Waals surface area contributed by atoms with Crippen molar-refractivity contribution in [3.63, 3.8) is 0 Å². The van der Waals surface area contributed by atoms with Crippen molar-refractivity contribution >= 4 is 16.8 Å². The first-order chi connectivity index (χ1) is 12.1. The first-order valence-electron chi connectivity index (χ1n) is 9.63. The van der Waals surface area contributed by atoms with Crippen LogP contribution >= 0.6 is 0 Å². The molecule has 4 heteroatoms. The van der Waals surface area contributed by atoms with Crippen molar-refractivity contribution in [1.82, 2.24) is 9.88 Å². The third-order valence-electron chi connectivity index (χ3n) is 5.56. The summed E-state index contributed by atoms with van der Waals surface area (Å²) in [4.78, 5) is 13.1. The van der Waals surface area contributed by atoms with Gasteiger partial charge in [-0.1, -0.05) is 19.8 Å². The minimum absolute atomic E-state index is 0.0623. The fraction of sp³-hybridized carbons (Fsp3) is 0.571. The van der Waals surface area contributed by atoms with Crippen molar-refractivity contribution in [2.24, 2.45) is 5.92 Å². The predicted octanol–water partition coefficient (Wildman–Crippen LogP) is 4.68. The van der Waals surface area contributed by atoms with E-state index in [1.165, 1.54) is 19.3 Å². The number of benzene rings is 1. The Balaban J connectivity index is 1.96. The zero-order valence-corrected chi connectivity index (χ0v) is 15.9. The van der Waals surface area contributed by atoms with Crippen molar-refractivity contribution < 1.29 is 9.53 Å². The number of hydrogen-bond donors (Lipinski definition) is 1. The number of amides is 1. The summed E-state index contributed by atoms with van der Waals surface area (Å²) in [5.41, 5.74) is 2.94. The molecule has 2 unspecified atom stereocenters. The van der Waals surface area contributed by atoms with Crippen LogP contribution in [0.3, 0.4) is 0 Å². The van der Waals surface area contributed by atoms with E-state index in [4.69, 9.17) is 4.74 Å². The highest BCUT2D eigenvalue weighted by Crippen LogP contribution is 2.30. The summed E-state index contributed by atoms with van der Waals surface area (Å²) in [5.74, 6) is 1.48. The monoisotopic (exact) mass is 342 g/mol. The van der Waals surface area contributed by atoms with Crippen LogP contribution in [0.25, 0.3) is 10.9 Å². The van der Waals surface area contributed by atoms with Gasteiger partial charge in [0.2, 0.25) is 0 Å². The normalized spacial score (nSPS) is 20.6. The van der Waals surface area contributed by atoms with Crippen LogP contribution in [0, 0.1) is 12.8 Å². The standard InChI is InChI=1S/C21H30N2O2/c1-5-23-19-12-11-16(25-6-2)13-17(19)15(4)20(23)21(24)22-18-10-8-7-9-14(18)3/h11-14,18H,5-10H2,1-4H3,(H,22,24). The Morgan fingerprint density at radius 3 is 2.72 bits per heavy atom. The summed E-state index contributed by atoms with van der Waals surface area (Å²) < 4.78 is 7.77. The van der Waals surface area contributed by atoms with Gasteiger partial charge in [-0.15, -0.1) is 0 Å². The molecule has 1 heterocycles. The van der Waals surface area contributed by atoms with Gasteiger partial charge < -0.3 is 14.6 Å². The minimum Gasteiger partial charge on any atom is -0.494 e. The average Bonchev–Trinajstić information content (AvgIpc) is 2.89. The van der Waals surface area contributed by atoms with Crippen LogP contribution in [0.1, 0.15) is 62.5 Å². The van der Waals surface area contributed by atoms with E-state index in [1.807, 2.05) is 19.9 Å². The molecule has 1 aromatic heterocycles. The molecular formula is C21H30N2O2. The second-order valence-corrected chi connectivity index (χ2v) is 7.17. The summed E-state index contributed by atoms with van der Waals surface area (Å²) in [6, 6.07) is 6.41.